The molecule has 1 atom stereocenters. The number of rotatable bonds is 2. The standard InChI is InChI=1S/C17H18BrNO/c18-15-10-9-14(16-13(15)8-5-11-19-16)17(20)12-6-3-1-2-4-7-12/h5-6,8-11,17,20H,1-4,7H2. The van der Waals surface area contributed by atoms with Gasteiger partial charge in [0.25, 0.3) is 0 Å². The van der Waals surface area contributed by atoms with Crippen LogP contribution in [0.4, 0.5) is 0 Å². The Morgan fingerprint density at radius 1 is 1.15 bits per heavy atom. The van der Waals surface area contributed by atoms with Gasteiger partial charge in [0.1, 0.15) is 6.10 Å². The number of hydrogen-bond acceptors (Lipinski definition) is 2. The lowest BCUT2D eigenvalue weighted by Crippen LogP contribution is -2.03. The fourth-order valence-corrected chi connectivity index (χ4v) is 3.32. The number of aliphatic hydroxyl groups excluding tert-OH is 1. The fourth-order valence-electron chi connectivity index (χ4n) is 2.87. The second-order valence-electron chi connectivity index (χ2n) is 5.32. The van der Waals surface area contributed by atoms with Gasteiger partial charge in [-0.25, -0.2) is 0 Å². The number of hydrogen-bond donors (Lipinski definition) is 1. The van der Waals surface area contributed by atoms with Gasteiger partial charge in [0.15, 0.2) is 0 Å². The summed E-state index contributed by atoms with van der Waals surface area (Å²) in [6.45, 7) is 0. The highest BCUT2D eigenvalue weighted by Crippen LogP contribution is 2.34. The number of aliphatic hydroxyl groups is 1. The van der Waals surface area contributed by atoms with Crippen LogP contribution in [-0.4, -0.2) is 10.1 Å². The Balaban J connectivity index is 2.05. The highest BCUT2D eigenvalue weighted by Gasteiger charge is 2.18. The number of pyridine rings is 1. The number of allylic oxidation sites excluding steroid dienone is 1. The van der Waals surface area contributed by atoms with E-state index in [1.54, 1.807) is 6.20 Å². The molecular formula is C17H18BrNO. The first kappa shape index (κ1) is 13.8. The van der Waals surface area contributed by atoms with Gasteiger partial charge in [-0.3, -0.25) is 4.98 Å². The Labute approximate surface area is 127 Å². The summed E-state index contributed by atoms with van der Waals surface area (Å²) >= 11 is 3.55. The van der Waals surface area contributed by atoms with Crippen molar-refractivity contribution in [3.63, 3.8) is 0 Å². The third-order valence-corrected chi connectivity index (χ3v) is 4.66. The van der Waals surface area contributed by atoms with Crippen molar-refractivity contribution in [2.75, 3.05) is 0 Å². The largest absolute Gasteiger partial charge is 0.384 e. The molecule has 1 heterocycles. The average Bonchev–Trinajstić information content (AvgIpc) is 2.76. The molecule has 1 unspecified atom stereocenters. The van der Waals surface area contributed by atoms with E-state index in [2.05, 4.69) is 27.0 Å². The minimum Gasteiger partial charge on any atom is -0.384 e. The van der Waals surface area contributed by atoms with Crippen LogP contribution in [-0.2, 0) is 0 Å². The molecular weight excluding hydrogens is 314 g/mol. The van der Waals surface area contributed by atoms with Gasteiger partial charge in [-0.1, -0.05) is 40.6 Å². The quantitative estimate of drug-likeness (QED) is 0.792. The molecule has 0 bridgehead atoms. The van der Waals surface area contributed by atoms with E-state index >= 15 is 0 Å². The first-order valence-electron chi connectivity index (χ1n) is 7.17. The Bertz CT molecular complexity index is 650. The van der Waals surface area contributed by atoms with E-state index in [0.717, 1.165) is 39.4 Å². The third-order valence-electron chi connectivity index (χ3n) is 3.97. The van der Waals surface area contributed by atoms with Gasteiger partial charge in [-0.2, -0.15) is 0 Å². The molecule has 1 N–H and O–H groups in total. The molecule has 0 spiro atoms. The van der Waals surface area contributed by atoms with Crippen LogP contribution in [0.5, 0.6) is 0 Å². The minimum absolute atomic E-state index is 0.529. The summed E-state index contributed by atoms with van der Waals surface area (Å²) in [5.41, 5.74) is 2.95. The average molecular weight is 332 g/mol. The molecule has 3 rings (SSSR count). The first-order chi connectivity index (χ1) is 9.77. The van der Waals surface area contributed by atoms with E-state index in [1.165, 1.54) is 19.3 Å². The minimum atomic E-state index is -0.529. The van der Waals surface area contributed by atoms with Gasteiger partial charge in [-0.05, 0) is 43.4 Å². The summed E-state index contributed by atoms with van der Waals surface area (Å²) in [5, 5.41) is 11.8. The molecule has 0 fully saturated rings. The zero-order valence-corrected chi connectivity index (χ0v) is 12.9. The van der Waals surface area contributed by atoms with E-state index in [-0.39, 0.29) is 0 Å². The van der Waals surface area contributed by atoms with Gasteiger partial charge < -0.3 is 5.11 Å². The predicted molar refractivity (Wildman–Crippen MR) is 85.6 cm³/mol. The molecule has 1 aliphatic rings. The van der Waals surface area contributed by atoms with Crippen LogP contribution in [0.2, 0.25) is 0 Å². The molecule has 2 nitrogen and oxygen atoms in total. The van der Waals surface area contributed by atoms with E-state index in [9.17, 15) is 5.11 Å². The second-order valence-corrected chi connectivity index (χ2v) is 6.17. The summed E-state index contributed by atoms with van der Waals surface area (Å²) in [6.07, 6.45) is 9.20. The molecule has 2 aromatic rings. The number of aromatic nitrogens is 1. The fraction of sp³-hybridized carbons (Fsp3) is 0.353. The molecule has 0 amide bonds. The van der Waals surface area contributed by atoms with Crippen molar-refractivity contribution in [1.82, 2.24) is 4.98 Å². The lowest BCUT2D eigenvalue weighted by molar-refractivity contribution is 0.212. The van der Waals surface area contributed by atoms with Crippen LogP contribution in [0.3, 0.4) is 0 Å². The summed E-state index contributed by atoms with van der Waals surface area (Å²) < 4.78 is 1.02. The van der Waals surface area contributed by atoms with Gasteiger partial charge in [0.2, 0.25) is 0 Å². The van der Waals surface area contributed by atoms with Crippen molar-refractivity contribution in [1.29, 1.82) is 0 Å². The van der Waals surface area contributed by atoms with Crippen LogP contribution >= 0.6 is 15.9 Å². The lowest BCUT2D eigenvalue weighted by atomic mass is 9.96. The molecule has 0 radical (unpaired) electrons. The SMILES string of the molecule is OC(C1=CCCCCC1)c1ccc(Br)c2cccnc12. The summed E-state index contributed by atoms with van der Waals surface area (Å²) in [6, 6.07) is 7.94. The first-order valence-corrected chi connectivity index (χ1v) is 7.97. The lowest BCUT2D eigenvalue weighted by Gasteiger charge is -2.17. The van der Waals surface area contributed by atoms with Crippen molar-refractivity contribution in [3.05, 3.63) is 52.1 Å². The summed E-state index contributed by atoms with van der Waals surface area (Å²) in [7, 11) is 0. The van der Waals surface area contributed by atoms with Crippen molar-refractivity contribution in [2.45, 2.75) is 38.2 Å². The van der Waals surface area contributed by atoms with Crippen LogP contribution in [0, 0.1) is 0 Å². The molecule has 3 heteroatoms. The van der Waals surface area contributed by atoms with E-state index < -0.39 is 6.10 Å². The van der Waals surface area contributed by atoms with Crippen molar-refractivity contribution in [2.24, 2.45) is 0 Å². The van der Waals surface area contributed by atoms with Crippen LogP contribution in [0.25, 0.3) is 10.9 Å². The zero-order chi connectivity index (χ0) is 13.9. The van der Waals surface area contributed by atoms with Gasteiger partial charge in [0.05, 0.1) is 5.52 Å². The Hall–Kier alpha value is -1.19. The van der Waals surface area contributed by atoms with Crippen molar-refractivity contribution >= 4 is 26.8 Å². The maximum Gasteiger partial charge on any atom is 0.102 e. The highest BCUT2D eigenvalue weighted by molar-refractivity contribution is 9.10. The van der Waals surface area contributed by atoms with Crippen LogP contribution in [0.1, 0.15) is 43.8 Å². The highest BCUT2D eigenvalue weighted by atomic mass is 79.9. The Kier molecular flexibility index (Phi) is 4.18. The van der Waals surface area contributed by atoms with Gasteiger partial charge in [0, 0.05) is 21.6 Å². The molecule has 1 aromatic carbocycles. The smallest absolute Gasteiger partial charge is 0.102 e. The van der Waals surface area contributed by atoms with Crippen molar-refractivity contribution < 1.29 is 5.11 Å². The number of benzene rings is 1. The predicted octanol–water partition coefficient (Wildman–Crippen LogP) is 4.92. The maximum absolute atomic E-state index is 10.7. The number of halogens is 1. The Morgan fingerprint density at radius 2 is 2.05 bits per heavy atom. The number of fused-ring (bicyclic) bond motifs is 1. The molecule has 0 saturated heterocycles. The molecule has 0 saturated carbocycles. The molecule has 1 aliphatic carbocycles. The van der Waals surface area contributed by atoms with E-state index in [0.29, 0.717) is 0 Å². The maximum atomic E-state index is 10.7. The molecule has 0 aliphatic heterocycles. The molecule has 20 heavy (non-hydrogen) atoms. The van der Waals surface area contributed by atoms with Crippen molar-refractivity contribution in [3.8, 4) is 0 Å². The van der Waals surface area contributed by atoms with Crippen LogP contribution < -0.4 is 0 Å². The topological polar surface area (TPSA) is 33.1 Å². The third kappa shape index (κ3) is 2.65. The summed E-state index contributed by atoms with van der Waals surface area (Å²) in [4.78, 5) is 4.46. The zero-order valence-electron chi connectivity index (χ0n) is 11.3. The second kappa shape index (κ2) is 6.06. The van der Waals surface area contributed by atoms with Crippen LogP contribution in [0.15, 0.2) is 46.6 Å². The van der Waals surface area contributed by atoms with E-state index in [1.807, 2.05) is 24.3 Å². The van der Waals surface area contributed by atoms with Gasteiger partial charge >= 0.3 is 0 Å². The summed E-state index contributed by atoms with van der Waals surface area (Å²) in [5.74, 6) is 0. The monoisotopic (exact) mass is 331 g/mol. The molecule has 104 valence electrons. The Morgan fingerprint density at radius 3 is 2.95 bits per heavy atom. The number of nitrogens with zero attached hydrogens (tertiary/aromatic N) is 1. The normalized spacial score (nSPS) is 17.6. The van der Waals surface area contributed by atoms with Gasteiger partial charge in [-0.15, -0.1) is 0 Å². The molecule has 1 aromatic heterocycles. The van der Waals surface area contributed by atoms with E-state index in [4.69, 9.17) is 0 Å².